The molecule has 1 aliphatic rings. The maximum Gasteiger partial charge on any atom is 0.295 e. The van der Waals surface area contributed by atoms with Crippen LogP contribution in [0.5, 0.6) is 11.5 Å². The first-order chi connectivity index (χ1) is 16.4. The third-order valence-electron chi connectivity index (χ3n) is 5.50. The SMILES string of the molecule is Nc1c([N+](=O)[O-])ccc(Oc2ccc3ncc(-c4cnn(C5CCCCO5)c4)nc3c2Cl)c1F. The summed E-state index contributed by atoms with van der Waals surface area (Å²) in [6, 6.07) is 5.32. The first-order valence-electron chi connectivity index (χ1n) is 10.4. The van der Waals surface area contributed by atoms with E-state index in [1.54, 1.807) is 23.1 Å². The number of ether oxygens (including phenoxy) is 2. The first kappa shape index (κ1) is 22.0. The average molecular weight is 485 g/mol. The third-order valence-corrected chi connectivity index (χ3v) is 5.87. The van der Waals surface area contributed by atoms with Crippen LogP contribution in [-0.4, -0.2) is 31.3 Å². The Morgan fingerprint density at radius 3 is 2.82 bits per heavy atom. The van der Waals surface area contributed by atoms with Crippen molar-refractivity contribution in [3.05, 3.63) is 63.8 Å². The van der Waals surface area contributed by atoms with Gasteiger partial charge in [-0.25, -0.2) is 14.1 Å². The number of nitrogens with two attached hydrogens (primary N) is 1. The van der Waals surface area contributed by atoms with Crippen LogP contribution in [0.15, 0.2) is 42.9 Å². The van der Waals surface area contributed by atoms with E-state index in [4.69, 9.17) is 26.8 Å². The molecule has 1 unspecified atom stereocenters. The summed E-state index contributed by atoms with van der Waals surface area (Å²) in [5.41, 5.74) is 6.49. The van der Waals surface area contributed by atoms with Crippen molar-refractivity contribution < 1.29 is 18.8 Å². The van der Waals surface area contributed by atoms with E-state index < -0.39 is 22.1 Å². The Hall–Kier alpha value is -3.83. The molecule has 2 aromatic carbocycles. The zero-order chi connectivity index (χ0) is 23.8. The predicted molar refractivity (Wildman–Crippen MR) is 122 cm³/mol. The van der Waals surface area contributed by atoms with Crippen molar-refractivity contribution in [2.75, 3.05) is 12.3 Å². The van der Waals surface area contributed by atoms with Crippen molar-refractivity contribution >= 4 is 34.0 Å². The number of rotatable bonds is 5. The Morgan fingerprint density at radius 2 is 2.06 bits per heavy atom. The van der Waals surface area contributed by atoms with Crippen molar-refractivity contribution in [3.8, 4) is 22.8 Å². The fraction of sp³-hybridized carbons (Fsp3) is 0.227. The monoisotopic (exact) mass is 484 g/mol. The zero-order valence-corrected chi connectivity index (χ0v) is 18.4. The predicted octanol–water partition coefficient (Wildman–Crippen LogP) is 5.27. The number of nitrogen functional groups attached to an aromatic ring is 1. The van der Waals surface area contributed by atoms with E-state index in [2.05, 4.69) is 15.1 Å². The molecule has 2 aromatic heterocycles. The maximum atomic E-state index is 14.6. The van der Waals surface area contributed by atoms with Crippen LogP contribution in [0.2, 0.25) is 5.02 Å². The molecule has 10 nitrogen and oxygen atoms in total. The van der Waals surface area contributed by atoms with Crippen LogP contribution >= 0.6 is 11.6 Å². The van der Waals surface area contributed by atoms with Gasteiger partial charge in [0.05, 0.1) is 28.5 Å². The van der Waals surface area contributed by atoms with Crippen molar-refractivity contribution in [3.63, 3.8) is 0 Å². The van der Waals surface area contributed by atoms with Gasteiger partial charge < -0.3 is 15.2 Å². The van der Waals surface area contributed by atoms with Crippen LogP contribution in [0.1, 0.15) is 25.5 Å². The number of aromatic nitrogens is 4. The second-order valence-corrected chi connectivity index (χ2v) is 8.08. The summed E-state index contributed by atoms with van der Waals surface area (Å²) in [6.07, 6.45) is 8.03. The van der Waals surface area contributed by atoms with Gasteiger partial charge in [0.15, 0.2) is 17.3 Å². The zero-order valence-electron chi connectivity index (χ0n) is 17.6. The summed E-state index contributed by atoms with van der Waals surface area (Å²) in [7, 11) is 0. The Balaban J connectivity index is 1.47. The van der Waals surface area contributed by atoms with Crippen molar-refractivity contribution in [2.45, 2.75) is 25.5 Å². The molecule has 174 valence electrons. The number of hydrogen-bond donors (Lipinski definition) is 1. The largest absolute Gasteiger partial charge is 0.453 e. The number of nitrogens with zero attached hydrogens (tertiary/aromatic N) is 5. The Morgan fingerprint density at radius 1 is 1.24 bits per heavy atom. The van der Waals surface area contributed by atoms with Gasteiger partial charge in [-0.1, -0.05) is 11.6 Å². The first-order valence-corrected chi connectivity index (χ1v) is 10.8. The third kappa shape index (κ3) is 3.99. The molecule has 1 saturated heterocycles. The van der Waals surface area contributed by atoms with Crippen molar-refractivity contribution in [2.24, 2.45) is 0 Å². The molecule has 0 aliphatic carbocycles. The normalized spacial score (nSPS) is 16.0. The lowest BCUT2D eigenvalue weighted by Gasteiger charge is -2.22. The minimum Gasteiger partial charge on any atom is -0.453 e. The summed E-state index contributed by atoms with van der Waals surface area (Å²) >= 11 is 6.52. The van der Waals surface area contributed by atoms with Crippen LogP contribution in [0, 0.1) is 15.9 Å². The van der Waals surface area contributed by atoms with E-state index in [1.165, 1.54) is 6.07 Å². The van der Waals surface area contributed by atoms with Crippen molar-refractivity contribution in [1.82, 2.24) is 19.7 Å². The minimum atomic E-state index is -1.05. The molecule has 1 aliphatic heterocycles. The van der Waals surface area contributed by atoms with Crippen LogP contribution in [-0.2, 0) is 4.74 Å². The number of hydrogen-bond acceptors (Lipinski definition) is 8. The quantitative estimate of drug-likeness (QED) is 0.230. The second-order valence-electron chi connectivity index (χ2n) is 7.70. The van der Waals surface area contributed by atoms with Crippen LogP contribution in [0.3, 0.4) is 0 Å². The molecule has 0 spiro atoms. The van der Waals surface area contributed by atoms with Gasteiger partial charge in [-0.3, -0.25) is 15.1 Å². The lowest BCUT2D eigenvalue weighted by atomic mass is 10.2. The molecule has 4 aromatic rings. The average Bonchev–Trinajstić information content (AvgIpc) is 3.34. The minimum absolute atomic E-state index is 0.0964. The topological polar surface area (TPSA) is 131 Å². The number of fused-ring (bicyclic) bond motifs is 1. The summed E-state index contributed by atoms with van der Waals surface area (Å²) in [4.78, 5) is 19.2. The Kier molecular flexibility index (Phi) is 5.72. The van der Waals surface area contributed by atoms with Crippen LogP contribution < -0.4 is 10.5 Å². The number of nitro benzene ring substituents is 1. The molecular formula is C22H18ClFN6O4. The summed E-state index contributed by atoms with van der Waals surface area (Å²) in [6.45, 7) is 0.703. The molecule has 1 atom stereocenters. The number of anilines is 1. The molecule has 0 amide bonds. The highest BCUT2D eigenvalue weighted by Gasteiger charge is 2.22. The van der Waals surface area contributed by atoms with Gasteiger partial charge in [-0.2, -0.15) is 5.10 Å². The van der Waals surface area contributed by atoms with E-state index in [1.807, 2.05) is 6.20 Å². The molecule has 3 heterocycles. The van der Waals surface area contributed by atoms with Crippen molar-refractivity contribution in [1.29, 1.82) is 0 Å². The number of benzene rings is 2. The molecule has 0 bridgehead atoms. The fourth-order valence-electron chi connectivity index (χ4n) is 3.72. The standard InChI is InChI=1S/C22H18ClFN6O4/c23-19-16(34-17-7-5-15(30(31)32)21(25)20(17)24)6-4-13-22(19)28-14(10-26-13)12-9-27-29(11-12)18-3-1-2-8-33-18/h4-7,9-11,18H,1-3,8,25H2. The lowest BCUT2D eigenvalue weighted by Crippen LogP contribution is -2.18. The van der Waals surface area contributed by atoms with Crippen LogP contribution in [0.25, 0.3) is 22.3 Å². The van der Waals surface area contributed by atoms with Gasteiger partial charge in [-0.05, 0) is 37.5 Å². The number of halogens is 2. The Labute approximate surface area is 197 Å². The van der Waals surface area contributed by atoms with E-state index in [0.717, 1.165) is 37.0 Å². The molecule has 5 rings (SSSR count). The van der Waals surface area contributed by atoms with Gasteiger partial charge in [0.25, 0.3) is 5.69 Å². The van der Waals surface area contributed by atoms with Gasteiger partial charge in [-0.15, -0.1) is 0 Å². The highest BCUT2D eigenvalue weighted by molar-refractivity contribution is 6.36. The lowest BCUT2D eigenvalue weighted by molar-refractivity contribution is -0.384. The van der Waals surface area contributed by atoms with Crippen LogP contribution in [0.4, 0.5) is 15.8 Å². The molecule has 12 heteroatoms. The highest BCUT2D eigenvalue weighted by atomic mass is 35.5. The summed E-state index contributed by atoms with van der Waals surface area (Å²) in [5, 5.41) is 15.5. The highest BCUT2D eigenvalue weighted by Crippen LogP contribution is 2.38. The molecule has 34 heavy (non-hydrogen) atoms. The van der Waals surface area contributed by atoms with E-state index >= 15 is 0 Å². The number of nitro groups is 1. The molecule has 2 N–H and O–H groups in total. The summed E-state index contributed by atoms with van der Waals surface area (Å²) < 4.78 is 27.7. The molecule has 0 radical (unpaired) electrons. The maximum absolute atomic E-state index is 14.6. The van der Waals surface area contributed by atoms with Gasteiger partial charge in [0.2, 0.25) is 0 Å². The van der Waals surface area contributed by atoms with E-state index in [0.29, 0.717) is 23.3 Å². The van der Waals surface area contributed by atoms with E-state index in [9.17, 15) is 14.5 Å². The van der Waals surface area contributed by atoms with Gasteiger partial charge in [0, 0.05) is 24.4 Å². The van der Waals surface area contributed by atoms with E-state index in [-0.39, 0.29) is 22.7 Å². The Bertz CT molecular complexity index is 1410. The fourth-order valence-corrected chi connectivity index (χ4v) is 3.96. The molecular weight excluding hydrogens is 467 g/mol. The van der Waals surface area contributed by atoms with Gasteiger partial charge >= 0.3 is 0 Å². The summed E-state index contributed by atoms with van der Waals surface area (Å²) in [5.74, 6) is -1.26. The smallest absolute Gasteiger partial charge is 0.295 e. The molecule has 1 fully saturated rings. The molecule has 0 saturated carbocycles. The van der Waals surface area contributed by atoms with Gasteiger partial charge in [0.1, 0.15) is 22.5 Å². The second kappa shape index (κ2) is 8.84.